The number of aryl methyl sites for hydroxylation is 1. The molecular weight excluding hydrogens is 372 g/mol. The number of likely N-dealkylation sites (tertiary alicyclic amines) is 1. The van der Waals surface area contributed by atoms with Gasteiger partial charge in [0, 0.05) is 42.3 Å². The van der Waals surface area contributed by atoms with Crippen molar-refractivity contribution in [2.45, 2.75) is 25.3 Å². The van der Waals surface area contributed by atoms with Gasteiger partial charge in [-0.2, -0.15) is 0 Å². The average molecular weight is 394 g/mol. The summed E-state index contributed by atoms with van der Waals surface area (Å²) in [6.45, 7) is 2.87. The van der Waals surface area contributed by atoms with Crippen LogP contribution in [0.5, 0.6) is 0 Å². The summed E-state index contributed by atoms with van der Waals surface area (Å²) in [5, 5.41) is 3.13. The van der Waals surface area contributed by atoms with Crippen LogP contribution >= 0.6 is 0 Å². The standard InChI is InChI=1S/C25H22N4O/c1-16-8-9-19(12-22(16)18-13-26-24-7-4-10-28(24)14-18)27-25(30)29-15-17-11-23(29)21-6-3-2-5-20(17)21/h2-10,12-14,17,23H,11,15H2,1H3,(H,27,30). The molecule has 1 aliphatic heterocycles. The minimum atomic E-state index is -0.0224. The predicted octanol–water partition coefficient (Wildman–Crippen LogP) is 5.39. The van der Waals surface area contributed by atoms with E-state index in [-0.39, 0.29) is 12.1 Å². The Kier molecular flexibility index (Phi) is 3.72. The van der Waals surface area contributed by atoms with Crippen LogP contribution in [0.15, 0.2) is 73.2 Å². The number of rotatable bonds is 2. The summed E-state index contributed by atoms with van der Waals surface area (Å²) in [4.78, 5) is 19.6. The molecule has 1 fully saturated rings. The van der Waals surface area contributed by atoms with Crippen molar-refractivity contribution < 1.29 is 4.79 Å². The van der Waals surface area contributed by atoms with E-state index in [1.54, 1.807) is 0 Å². The van der Waals surface area contributed by atoms with Crippen molar-refractivity contribution in [1.82, 2.24) is 14.3 Å². The number of anilines is 1. The van der Waals surface area contributed by atoms with Gasteiger partial charge in [-0.3, -0.25) is 0 Å². The second-order valence-electron chi connectivity index (χ2n) is 8.31. The van der Waals surface area contributed by atoms with E-state index in [4.69, 9.17) is 0 Å². The van der Waals surface area contributed by atoms with Crippen LogP contribution in [0.1, 0.15) is 35.1 Å². The Labute approximate surface area is 175 Å². The van der Waals surface area contributed by atoms with Crippen LogP contribution < -0.4 is 5.32 Å². The fraction of sp³-hybridized carbons (Fsp3) is 0.200. The van der Waals surface area contributed by atoms with Crippen LogP contribution in [-0.2, 0) is 0 Å². The topological polar surface area (TPSA) is 49.6 Å². The number of amides is 2. The highest BCUT2D eigenvalue weighted by Crippen LogP contribution is 2.50. The van der Waals surface area contributed by atoms with Crippen LogP contribution in [0.4, 0.5) is 10.5 Å². The molecule has 5 heteroatoms. The predicted molar refractivity (Wildman–Crippen MR) is 118 cm³/mol. The number of hydrogen-bond acceptors (Lipinski definition) is 2. The van der Waals surface area contributed by atoms with Gasteiger partial charge in [0.2, 0.25) is 0 Å². The lowest BCUT2D eigenvalue weighted by molar-refractivity contribution is 0.205. The molecule has 2 atom stereocenters. The van der Waals surface area contributed by atoms with Crippen LogP contribution in [0.3, 0.4) is 0 Å². The van der Waals surface area contributed by atoms with Crippen molar-refractivity contribution in [3.05, 3.63) is 89.9 Å². The molecule has 5 nitrogen and oxygen atoms in total. The second-order valence-corrected chi connectivity index (χ2v) is 8.31. The maximum Gasteiger partial charge on any atom is 0.322 e. The molecule has 0 radical (unpaired) electrons. The molecule has 2 aromatic carbocycles. The lowest BCUT2D eigenvalue weighted by Gasteiger charge is -2.29. The van der Waals surface area contributed by atoms with Gasteiger partial charge in [0.25, 0.3) is 0 Å². The zero-order valence-electron chi connectivity index (χ0n) is 16.7. The third-order valence-electron chi connectivity index (χ3n) is 6.53. The Morgan fingerprint density at radius 2 is 1.97 bits per heavy atom. The van der Waals surface area contributed by atoms with Gasteiger partial charge in [0.15, 0.2) is 0 Å². The number of nitrogens with zero attached hydrogens (tertiary/aromatic N) is 3. The summed E-state index contributed by atoms with van der Waals surface area (Å²) >= 11 is 0. The second kappa shape index (κ2) is 6.46. The maximum absolute atomic E-state index is 13.1. The molecule has 148 valence electrons. The molecule has 1 aliphatic carbocycles. The largest absolute Gasteiger partial charge is 0.322 e. The Morgan fingerprint density at radius 3 is 2.87 bits per heavy atom. The number of urea groups is 1. The Hall–Kier alpha value is -3.60. The smallest absolute Gasteiger partial charge is 0.317 e. The molecule has 30 heavy (non-hydrogen) atoms. The van der Waals surface area contributed by atoms with E-state index in [0.717, 1.165) is 41.0 Å². The number of carbonyl (C=O) groups excluding carboxylic acids is 1. The first-order valence-electron chi connectivity index (χ1n) is 10.4. The summed E-state index contributed by atoms with van der Waals surface area (Å²) in [5.74, 6) is 0.463. The Morgan fingerprint density at radius 1 is 1.10 bits per heavy atom. The first kappa shape index (κ1) is 17.3. The summed E-state index contributed by atoms with van der Waals surface area (Å²) in [6.07, 6.45) is 6.99. The summed E-state index contributed by atoms with van der Waals surface area (Å²) < 4.78 is 2.01. The fourth-order valence-corrected chi connectivity index (χ4v) is 5.03. The lowest BCUT2D eigenvalue weighted by Crippen LogP contribution is -2.36. The van der Waals surface area contributed by atoms with Crippen LogP contribution in [-0.4, -0.2) is 26.9 Å². The van der Waals surface area contributed by atoms with Crippen molar-refractivity contribution in [2.24, 2.45) is 0 Å². The third-order valence-corrected chi connectivity index (χ3v) is 6.53. The first-order chi connectivity index (χ1) is 14.7. The molecule has 2 aromatic heterocycles. The number of nitrogens with one attached hydrogen (secondary N) is 1. The van der Waals surface area contributed by atoms with Gasteiger partial charge < -0.3 is 14.6 Å². The molecule has 2 aliphatic rings. The highest BCUT2D eigenvalue weighted by Gasteiger charge is 2.44. The normalized spacial score (nSPS) is 19.3. The number of carbonyl (C=O) groups is 1. The zero-order chi connectivity index (χ0) is 20.2. The number of hydrogen-bond donors (Lipinski definition) is 1. The van der Waals surface area contributed by atoms with Crippen molar-refractivity contribution in [3.63, 3.8) is 0 Å². The molecule has 1 N–H and O–H groups in total. The van der Waals surface area contributed by atoms with Gasteiger partial charge in [-0.1, -0.05) is 30.3 Å². The van der Waals surface area contributed by atoms with E-state index in [9.17, 15) is 4.79 Å². The quantitative estimate of drug-likeness (QED) is 0.496. The number of fused-ring (bicyclic) bond motifs is 6. The van der Waals surface area contributed by atoms with Gasteiger partial charge in [-0.15, -0.1) is 0 Å². The summed E-state index contributed by atoms with van der Waals surface area (Å²) in [7, 11) is 0. The van der Waals surface area contributed by atoms with Gasteiger partial charge >= 0.3 is 6.03 Å². The van der Waals surface area contributed by atoms with E-state index in [2.05, 4.69) is 53.8 Å². The van der Waals surface area contributed by atoms with E-state index < -0.39 is 0 Å². The molecule has 3 heterocycles. The average Bonchev–Trinajstić information content (AvgIpc) is 3.49. The molecule has 2 bridgehead atoms. The first-order valence-corrected chi connectivity index (χ1v) is 10.4. The molecule has 0 saturated carbocycles. The highest BCUT2D eigenvalue weighted by molar-refractivity contribution is 5.91. The van der Waals surface area contributed by atoms with Gasteiger partial charge in [-0.25, -0.2) is 9.78 Å². The van der Waals surface area contributed by atoms with E-state index in [1.165, 1.54) is 11.1 Å². The third kappa shape index (κ3) is 2.62. The fourth-order valence-electron chi connectivity index (χ4n) is 5.03. The minimum absolute atomic E-state index is 0.0224. The molecule has 4 aromatic rings. The van der Waals surface area contributed by atoms with Crippen LogP contribution in [0.2, 0.25) is 0 Å². The monoisotopic (exact) mass is 394 g/mol. The SMILES string of the molecule is Cc1ccc(NC(=O)N2CC3CC2c2ccccc23)cc1-c1cnc2cccn2c1. The minimum Gasteiger partial charge on any atom is -0.317 e. The van der Waals surface area contributed by atoms with Gasteiger partial charge in [0.05, 0.1) is 6.04 Å². The number of benzene rings is 2. The molecule has 2 amide bonds. The van der Waals surface area contributed by atoms with Crippen molar-refractivity contribution in [3.8, 4) is 11.1 Å². The van der Waals surface area contributed by atoms with Gasteiger partial charge in [0.1, 0.15) is 5.65 Å². The van der Waals surface area contributed by atoms with Crippen LogP contribution in [0.25, 0.3) is 16.8 Å². The van der Waals surface area contributed by atoms with Crippen molar-refractivity contribution in [2.75, 3.05) is 11.9 Å². The highest BCUT2D eigenvalue weighted by atomic mass is 16.2. The molecule has 1 saturated heterocycles. The Balaban J connectivity index is 1.27. The lowest BCUT2D eigenvalue weighted by atomic mass is 9.99. The Bertz CT molecular complexity index is 1290. The summed E-state index contributed by atoms with van der Waals surface area (Å²) in [5.41, 5.74) is 7.70. The zero-order valence-corrected chi connectivity index (χ0v) is 16.7. The maximum atomic E-state index is 13.1. The molecule has 2 unspecified atom stereocenters. The van der Waals surface area contributed by atoms with E-state index in [0.29, 0.717) is 5.92 Å². The summed E-state index contributed by atoms with van der Waals surface area (Å²) in [6, 6.07) is 18.7. The molecule has 0 spiro atoms. The van der Waals surface area contributed by atoms with E-state index in [1.807, 2.05) is 46.0 Å². The van der Waals surface area contributed by atoms with Gasteiger partial charge in [-0.05, 0) is 59.9 Å². The molecular formula is C25H22N4O. The number of aromatic nitrogens is 2. The molecule has 6 rings (SSSR count). The van der Waals surface area contributed by atoms with Crippen molar-refractivity contribution in [1.29, 1.82) is 0 Å². The van der Waals surface area contributed by atoms with Crippen molar-refractivity contribution >= 4 is 17.4 Å². The van der Waals surface area contributed by atoms with E-state index >= 15 is 0 Å². The van der Waals surface area contributed by atoms with Crippen LogP contribution in [0, 0.1) is 6.92 Å².